The summed E-state index contributed by atoms with van der Waals surface area (Å²) in [5, 5.41) is 16.3. The van der Waals surface area contributed by atoms with Gasteiger partial charge in [0.1, 0.15) is 11.0 Å². The molecule has 3 heterocycles. The molecule has 0 aliphatic carbocycles. The summed E-state index contributed by atoms with van der Waals surface area (Å²) < 4.78 is 0. The maximum absolute atomic E-state index is 11.1. The molecule has 1 aliphatic rings. The van der Waals surface area contributed by atoms with E-state index in [4.69, 9.17) is 5.11 Å². The number of thiophene rings is 1. The summed E-state index contributed by atoms with van der Waals surface area (Å²) in [5.74, 6) is -0.717. The zero-order valence-electron chi connectivity index (χ0n) is 10.7. The molecular formula is C13H15ClN2O2S2. The number of halogens is 1. The van der Waals surface area contributed by atoms with Crippen molar-refractivity contribution in [3.05, 3.63) is 27.9 Å². The van der Waals surface area contributed by atoms with Crippen LogP contribution in [-0.2, 0) is 11.3 Å². The van der Waals surface area contributed by atoms with Crippen molar-refractivity contribution >= 4 is 41.0 Å². The van der Waals surface area contributed by atoms with Gasteiger partial charge >= 0.3 is 5.97 Å². The molecule has 4 nitrogen and oxygen atoms in total. The monoisotopic (exact) mass is 330 g/mol. The Morgan fingerprint density at radius 3 is 3.05 bits per heavy atom. The molecule has 2 aromatic rings. The fourth-order valence-electron chi connectivity index (χ4n) is 2.40. The quantitative estimate of drug-likeness (QED) is 0.934. The number of aromatic nitrogens is 1. The lowest BCUT2D eigenvalue weighted by Crippen LogP contribution is -2.35. The number of likely N-dealkylation sites (tertiary alicyclic amines) is 1. The average Bonchev–Trinajstić information content (AvgIpc) is 3.09. The number of hydrogen-bond acceptors (Lipinski definition) is 5. The molecule has 1 aliphatic heterocycles. The molecule has 20 heavy (non-hydrogen) atoms. The van der Waals surface area contributed by atoms with Crippen molar-refractivity contribution < 1.29 is 9.90 Å². The molecule has 0 bridgehead atoms. The summed E-state index contributed by atoms with van der Waals surface area (Å²) in [7, 11) is 0. The summed E-state index contributed by atoms with van der Waals surface area (Å²) in [4.78, 5) is 17.7. The Labute approximate surface area is 131 Å². The van der Waals surface area contributed by atoms with E-state index < -0.39 is 5.97 Å². The predicted octanol–water partition coefficient (Wildman–Crippen LogP) is 3.34. The van der Waals surface area contributed by atoms with Gasteiger partial charge in [0.05, 0.1) is 5.69 Å². The van der Waals surface area contributed by atoms with Gasteiger partial charge in [-0.15, -0.1) is 23.7 Å². The fourth-order valence-corrected chi connectivity index (χ4v) is 3.92. The Bertz CT molecular complexity index is 571. The molecule has 108 valence electrons. The minimum atomic E-state index is -0.717. The number of aliphatic carboxylic acids is 1. The molecule has 1 atom stereocenters. The second-order valence-electron chi connectivity index (χ2n) is 4.62. The third-order valence-electron chi connectivity index (χ3n) is 3.33. The lowest BCUT2D eigenvalue weighted by atomic mass is 10.2. The van der Waals surface area contributed by atoms with Gasteiger partial charge in [0, 0.05) is 22.9 Å². The van der Waals surface area contributed by atoms with Crippen LogP contribution in [0, 0.1) is 0 Å². The van der Waals surface area contributed by atoms with Gasteiger partial charge in [-0.05, 0) is 30.8 Å². The smallest absolute Gasteiger partial charge is 0.320 e. The Morgan fingerprint density at radius 1 is 1.50 bits per heavy atom. The summed E-state index contributed by atoms with van der Waals surface area (Å²) in [6.45, 7) is 1.49. The van der Waals surface area contributed by atoms with Crippen molar-refractivity contribution in [2.45, 2.75) is 25.4 Å². The van der Waals surface area contributed by atoms with Crippen LogP contribution in [0.2, 0.25) is 0 Å². The predicted molar refractivity (Wildman–Crippen MR) is 83.7 cm³/mol. The van der Waals surface area contributed by atoms with Crippen molar-refractivity contribution in [3.63, 3.8) is 0 Å². The summed E-state index contributed by atoms with van der Waals surface area (Å²) in [6.07, 6.45) is 1.70. The lowest BCUT2D eigenvalue weighted by molar-refractivity contribution is -0.142. The van der Waals surface area contributed by atoms with Crippen molar-refractivity contribution in [1.82, 2.24) is 9.88 Å². The summed E-state index contributed by atoms with van der Waals surface area (Å²) >= 11 is 3.28. The molecule has 0 aromatic carbocycles. The summed E-state index contributed by atoms with van der Waals surface area (Å²) in [6, 6.07) is 1.72. The number of carbonyl (C=O) groups is 1. The van der Waals surface area contributed by atoms with Gasteiger partial charge in [0.25, 0.3) is 0 Å². The normalized spacial score (nSPS) is 18.9. The van der Waals surface area contributed by atoms with Crippen LogP contribution in [0.5, 0.6) is 0 Å². The lowest BCUT2D eigenvalue weighted by Gasteiger charge is -2.19. The molecule has 0 amide bonds. The van der Waals surface area contributed by atoms with Gasteiger partial charge in [-0.1, -0.05) is 0 Å². The molecule has 2 aromatic heterocycles. The van der Waals surface area contributed by atoms with E-state index in [1.807, 2.05) is 15.7 Å². The first kappa shape index (κ1) is 15.4. The molecule has 1 unspecified atom stereocenters. The first-order valence-corrected chi connectivity index (χ1v) is 8.00. The molecule has 3 rings (SSSR count). The van der Waals surface area contributed by atoms with Gasteiger partial charge < -0.3 is 5.11 Å². The molecular weight excluding hydrogens is 316 g/mol. The SMILES string of the molecule is Cl.O=C(O)C1CCCN1Cc1csc(-c2ccsc2)n1. The molecule has 1 N–H and O–H groups in total. The minimum absolute atomic E-state index is 0. The zero-order valence-corrected chi connectivity index (χ0v) is 13.1. The molecule has 0 saturated carbocycles. The van der Waals surface area contributed by atoms with Crippen molar-refractivity contribution in [1.29, 1.82) is 0 Å². The maximum atomic E-state index is 11.1. The standard InChI is InChI=1S/C13H14N2O2S2.ClH/c16-13(17)11-2-1-4-15(11)6-10-8-19-12(14-10)9-3-5-18-7-9;/h3,5,7-8,11H,1-2,4,6H2,(H,16,17);1H. The van der Waals surface area contributed by atoms with Crippen molar-refractivity contribution in [2.24, 2.45) is 0 Å². The van der Waals surface area contributed by atoms with Gasteiger partial charge in [0.15, 0.2) is 0 Å². The third kappa shape index (κ3) is 3.20. The van der Waals surface area contributed by atoms with Gasteiger partial charge in [-0.25, -0.2) is 4.98 Å². The molecule has 7 heteroatoms. The number of thiazole rings is 1. The highest BCUT2D eigenvalue weighted by Gasteiger charge is 2.30. The van der Waals surface area contributed by atoms with Crippen LogP contribution in [0.3, 0.4) is 0 Å². The summed E-state index contributed by atoms with van der Waals surface area (Å²) in [5.41, 5.74) is 2.12. The highest BCUT2D eigenvalue weighted by molar-refractivity contribution is 7.14. The highest BCUT2D eigenvalue weighted by Crippen LogP contribution is 2.27. The van der Waals surface area contributed by atoms with Crippen LogP contribution in [0.25, 0.3) is 10.6 Å². The Kier molecular flexibility index (Phi) is 5.15. The first-order chi connectivity index (χ1) is 9.24. The number of hydrogen-bond donors (Lipinski definition) is 1. The van der Waals surface area contributed by atoms with Crippen LogP contribution in [0.1, 0.15) is 18.5 Å². The average molecular weight is 331 g/mol. The van der Waals surface area contributed by atoms with E-state index in [2.05, 4.69) is 16.4 Å². The molecule has 1 saturated heterocycles. The van der Waals surface area contributed by atoms with E-state index in [1.165, 1.54) is 0 Å². The number of rotatable bonds is 4. The largest absolute Gasteiger partial charge is 0.480 e. The van der Waals surface area contributed by atoms with Crippen LogP contribution < -0.4 is 0 Å². The molecule has 0 radical (unpaired) electrons. The highest BCUT2D eigenvalue weighted by atomic mass is 35.5. The Balaban J connectivity index is 0.00000147. The number of carboxylic acids is 1. The second kappa shape index (κ2) is 6.67. The Hall–Kier alpha value is -0.950. The Morgan fingerprint density at radius 2 is 2.35 bits per heavy atom. The van der Waals surface area contributed by atoms with E-state index in [1.54, 1.807) is 22.7 Å². The van der Waals surface area contributed by atoms with E-state index in [0.29, 0.717) is 6.54 Å². The maximum Gasteiger partial charge on any atom is 0.320 e. The van der Waals surface area contributed by atoms with E-state index >= 15 is 0 Å². The van der Waals surface area contributed by atoms with Crippen LogP contribution in [0.15, 0.2) is 22.2 Å². The minimum Gasteiger partial charge on any atom is -0.480 e. The fraction of sp³-hybridized carbons (Fsp3) is 0.385. The van der Waals surface area contributed by atoms with Gasteiger partial charge in [0.2, 0.25) is 0 Å². The van der Waals surface area contributed by atoms with Crippen LogP contribution in [0.4, 0.5) is 0 Å². The second-order valence-corrected chi connectivity index (χ2v) is 6.26. The van der Waals surface area contributed by atoms with Crippen LogP contribution >= 0.6 is 35.1 Å². The third-order valence-corrected chi connectivity index (χ3v) is 4.96. The van der Waals surface area contributed by atoms with Crippen LogP contribution in [-0.4, -0.2) is 33.5 Å². The van der Waals surface area contributed by atoms with E-state index in [0.717, 1.165) is 35.7 Å². The van der Waals surface area contributed by atoms with Gasteiger partial charge in [-0.3, -0.25) is 9.69 Å². The molecule has 0 spiro atoms. The number of carboxylic acid groups (broad SMARTS) is 1. The van der Waals surface area contributed by atoms with Crippen molar-refractivity contribution in [2.75, 3.05) is 6.54 Å². The van der Waals surface area contributed by atoms with Gasteiger partial charge in [-0.2, -0.15) is 11.3 Å². The van der Waals surface area contributed by atoms with Crippen molar-refractivity contribution in [3.8, 4) is 10.6 Å². The molecule has 1 fully saturated rings. The zero-order chi connectivity index (χ0) is 13.2. The first-order valence-electron chi connectivity index (χ1n) is 6.18. The topological polar surface area (TPSA) is 53.4 Å². The van der Waals surface area contributed by atoms with E-state index in [-0.39, 0.29) is 18.4 Å². The number of nitrogens with zero attached hydrogens (tertiary/aromatic N) is 2. The van der Waals surface area contributed by atoms with E-state index in [9.17, 15) is 4.79 Å².